The molecule has 0 saturated carbocycles. The highest BCUT2D eigenvalue weighted by molar-refractivity contribution is 5.91. The molecule has 110 valence electrons. The first kappa shape index (κ1) is 13.7. The van der Waals surface area contributed by atoms with Gasteiger partial charge in [-0.1, -0.05) is 5.16 Å². The number of hydrogen-bond donors (Lipinski definition) is 1. The summed E-state index contributed by atoms with van der Waals surface area (Å²) in [4.78, 5) is 11.7. The van der Waals surface area contributed by atoms with Crippen LogP contribution in [0.15, 0.2) is 16.7 Å². The molecule has 21 heavy (non-hydrogen) atoms. The third-order valence-corrected chi connectivity index (χ3v) is 3.88. The van der Waals surface area contributed by atoms with Crippen LogP contribution in [0.3, 0.4) is 0 Å². The van der Waals surface area contributed by atoms with Gasteiger partial charge in [0.1, 0.15) is 11.4 Å². The molecule has 1 amide bonds. The van der Waals surface area contributed by atoms with Crippen molar-refractivity contribution in [2.75, 3.05) is 5.32 Å². The van der Waals surface area contributed by atoms with E-state index in [0.717, 1.165) is 39.4 Å². The van der Waals surface area contributed by atoms with Gasteiger partial charge >= 0.3 is 6.09 Å². The van der Waals surface area contributed by atoms with Gasteiger partial charge in [-0.3, -0.25) is 5.32 Å². The Morgan fingerprint density at radius 2 is 1.90 bits per heavy atom. The van der Waals surface area contributed by atoms with E-state index in [1.807, 2.05) is 46.8 Å². The number of fused-ring (bicyclic) bond motifs is 1. The van der Waals surface area contributed by atoms with Crippen LogP contribution in [0.1, 0.15) is 36.4 Å². The summed E-state index contributed by atoms with van der Waals surface area (Å²) in [5, 5.41) is 6.79. The monoisotopic (exact) mass is 286 g/mol. The van der Waals surface area contributed by atoms with Crippen molar-refractivity contribution >= 4 is 11.8 Å². The smallest absolute Gasteiger partial charge is 0.412 e. The number of anilines is 1. The molecule has 5 heteroatoms. The van der Waals surface area contributed by atoms with Crippen LogP contribution in [0, 0.1) is 20.8 Å². The molecule has 1 aromatic heterocycles. The second-order valence-electron chi connectivity index (χ2n) is 5.94. The first-order valence-corrected chi connectivity index (χ1v) is 6.88. The van der Waals surface area contributed by atoms with Crippen LogP contribution in [0.25, 0.3) is 11.1 Å². The predicted octanol–water partition coefficient (Wildman–Crippen LogP) is 4.06. The molecule has 1 N–H and O–H groups in total. The third kappa shape index (κ3) is 2.09. The molecule has 0 spiro atoms. The molecule has 1 aliphatic heterocycles. The normalized spacial score (nSPS) is 16.1. The Hall–Kier alpha value is -2.30. The van der Waals surface area contributed by atoms with Crippen molar-refractivity contribution in [1.29, 1.82) is 0 Å². The summed E-state index contributed by atoms with van der Waals surface area (Å²) in [5.41, 5.74) is 4.97. The van der Waals surface area contributed by atoms with Crippen molar-refractivity contribution in [3.8, 4) is 11.1 Å². The van der Waals surface area contributed by atoms with Crippen molar-refractivity contribution in [3.63, 3.8) is 0 Å². The maximum absolute atomic E-state index is 11.7. The Labute approximate surface area is 123 Å². The van der Waals surface area contributed by atoms with E-state index in [1.54, 1.807) is 0 Å². The van der Waals surface area contributed by atoms with E-state index in [0.29, 0.717) is 0 Å². The highest BCUT2D eigenvalue weighted by Gasteiger charge is 2.35. The van der Waals surface area contributed by atoms with E-state index in [4.69, 9.17) is 9.26 Å². The van der Waals surface area contributed by atoms with Crippen LogP contribution in [-0.4, -0.2) is 11.2 Å². The van der Waals surface area contributed by atoms with Gasteiger partial charge in [0, 0.05) is 11.1 Å². The number of cyclic esters (lactones) is 1. The summed E-state index contributed by atoms with van der Waals surface area (Å²) < 4.78 is 10.7. The lowest BCUT2D eigenvalue weighted by Crippen LogP contribution is -2.35. The molecule has 0 aliphatic carbocycles. The predicted molar refractivity (Wildman–Crippen MR) is 79.3 cm³/mol. The van der Waals surface area contributed by atoms with Crippen LogP contribution in [0.4, 0.5) is 10.5 Å². The van der Waals surface area contributed by atoms with E-state index >= 15 is 0 Å². The maximum atomic E-state index is 11.7. The van der Waals surface area contributed by atoms with Crippen LogP contribution < -0.4 is 5.32 Å². The number of aromatic nitrogens is 1. The largest absolute Gasteiger partial charge is 0.438 e. The van der Waals surface area contributed by atoms with Crippen molar-refractivity contribution in [2.45, 2.75) is 40.2 Å². The SMILES string of the molecule is Cc1cc(-c2c(C)noc2C)cc2c1NC(=O)OC2(C)C. The summed E-state index contributed by atoms with van der Waals surface area (Å²) in [6.45, 7) is 9.57. The standard InChI is InChI=1S/C16H18N2O3/c1-8-6-11(13-9(2)18-21-10(13)3)7-12-14(8)17-15(19)20-16(12,4)5/h6-7H,1-5H3,(H,17,19). The quantitative estimate of drug-likeness (QED) is 0.858. The summed E-state index contributed by atoms with van der Waals surface area (Å²) in [6, 6.07) is 4.07. The lowest BCUT2D eigenvalue weighted by Gasteiger charge is -2.33. The molecule has 0 fully saturated rings. The van der Waals surface area contributed by atoms with Gasteiger partial charge in [0.25, 0.3) is 0 Å². The molecule has 1 aromatic carbocycles. The zero-order valence-electron chi connectivity index (χ0n) is 12.8. The lowest BCUT2D eigenvalue weighted by atomic mass is 9.88. The minimum atomic E-state index is -0.669. The molecule has 0 atom stereocenters. The summed E-state index contributed by atoms with van der Waals surface area (Å²) in [6.07, 6.45) is -0.416. The third-order valence-electron chi connectivity index (χ3n) is 3.88. The van der Waals surface area contributed by atoms with Crippen LogP contribution in [0.2, 0.25) is 0 Å². The molecule has 1 aliphatic rings. The minimum Gasteiger partial charge on any atom is -0.438 e. The van der Waals surface area contributed by atoms with Crippen molar-refractivity contribution in [2.24, 2.45) is 0 Å². The number of nitrogens with one attached hydrogen (secondary N) is 1. The second kappa shape index (κ2) is 4.35. The summed E-state index contributed by atoms with van der Waals surface area (Å²) >= 11 is 0. The number of hydrogen-bond acceptors (Lipinski definition) is 4. The molecule has 3 rings (SSSR count). The Bertz CT molecular complexity index is 725. The fourth-order valence-electron chi connectivity index (χ4n) is 2.88. The van der Waals surface area contributed by atoms with Gasteiger partial charge in [0.05, 0.1) is 11.4 Å². The van der Waals surface area contributed by atoms with E-state index in [1.165, 1.54) is 0 Å². The van der Waals surface area contributed by atoms with Gasteiger partial charge in [-0.05, 0) is 57.9 Å². The minimum absolute atomic E-state index is 0.416. The average molecular weight is 286 g/mol. The zero-order valence-corrected chi connectivity index (χ0v) is 12.8. The number of carbonyl (C=O) groups is 1. The Kier molecular flexibility index (Phi) is 2.83. The number of nitrogens with zero attached hydrogens (tertiary/aromatic N) is 1. The highest BCUT2D eigenvalue weighted by atomic mass is 16.6. The molecular formula is C16H18N2O3. The first-order valence-electron chi connectivity index (χ1n) is 6.88. The average Bonchev–Trinajstić information content (AvgIpc) is 2.69. The number of amides is 1. The molecule has 2 heterocycles. The van der Waals surface area contributed by atoms with E-state index in [9.17, 15) is 4.79 Å². The number of ether oxygens (including phenoxy) is 1. The maximum Gasteiger partial charge on any atom is 0.412 e. The number of rotatable bonds is 1. The van der Waals surface area contributed by atoms with Crippen LogP contribution in [0.5, 0.6) is 0 Å². The Morgan fingerprint density at radius 3 is 2.52 bits per heavy atom. The molecule has 0 unspecified atom stereocenters. The van der Waals surface area contributed by atoms with Gasteiger partial charge in [-0.15, -0.1) is 0 Å². The molecule has 2 aromatic rings. The van der Waals surface area contributed by atoms with Gasteiger partial charge in [-0.2, -0.15) is 0 Å². The van der Waals surface area contributed by atoms with E-state index in [-0.39, 0.29) is 0 Å². The van der Waals surface area contributed by atoms with Crippen molar-refractivity contribution in [3.05, 3.63) is 34.7 Å². The molecular weight excluding hydrogens is 268 g/mol. The summed E-state index contributed by atoms with van der Waals surface area (Å²) in [5.74, 6) is 0.783. The number of benzene rings is 1. The topological polar surface area (TPSA) is 64.4 Å². The molecule has 0 saturated heterocycles. The van der Waals surface area contributed by atoms with Gasteiger partial charge in [0.15, 0.2) is 0 Å². The van der Waals surface area contributed by atoms with Crippen molar-refractivity contribution < 1.29 is 14.1 Å². The van der Waals surface area contributed by atoms with Gasteiger partial charge in [-0.25, -0.2) is 4.79 Å². The molecule has 0 bridgehead atoms. The molecule has 5 nitrogen and oxygen atoms in total. The molecule has 0 radical (unpaired) electrons. The number of carbonyl (C=O) groups excluding carboxylic acids is 1. The van der Waals surface area contributed by atoms with Crippen molar-refractivity contribution in [1.82, 2.24) is 5.16 Å². The van der Waals surface area contributed by atoms with Crippen LogP contribution >= 0.6 is 0 Å². The van der Waals surface area contributed by atoms with E-state index < -0.39 is 11.7 Å². The summed E-state index contributed by atoms with van der Waals surface area (Å²) in [7, 11) is 0. The Morgan fingerprint density at radius 1 is 1.19 bits per heavy atom. The Balaban J connectivity index is 2.24. The highest BCUT2D eigenvalue weighted by Crippen LogP contribution is 2.41. The first-order chi connectivity index (χ1) is 9.79. The number of aryl methyl sites for hydroxylation is 3. The van der Waals surface area contributed by atoms with Gasteiger partial charge < -0.3 is 9.26 Å². The fourth-order valence-corrected chi connectivity index (χ4v) is 2.88. The van der Waals surface area contributed by atoms with Crippen LogP contribution in [-0.2, 0) is 10.3 Å². The van der Waals surface area contributed by atoms with E-state index in [2.05, 4.69) is 10.5 Å². The fraction of sp³-hybridized carbons (Fsp3) is 0.375. The second-order valence-corrected chi connectivity index (χ2v) is 5.94. The van der Waals surface area contributed by atoms with Gasteiger partial charge in [0.2, 0.25) is 0 Å². The lowest BCUT2D eigenvalue weighted by molar-refractivity contribution is 0.0420. The zero-order chi connectivity index (χ0) is 15.4.